The van der Waals surface area contributed by atoms with Gasteiger partial charge in [-0.05, 0) is 48.8 Å². The predicted molar refractivity (Wildman–Crippen MR) is 98.4 cm³/mol. The molecule has 0 saturated carbocycles. The fourth-order valence-electron chi connectivity index (χ4n) is 3.82. The van der Waals surface area contributed by atoms with Crippen LogP contribution in [0.5, 0.6) is 5.75 Å². The molecule has 0 unspecified atom stereocenters. The van der Waals surface area contributed by atoms with Gasteiger partial charge in [-0.1, -0.05) is 39.8 Å². The number of halogens is 3. The van der Waals surface area contributed by atoms with Gasteiger partial charge in [0.1, 0.15) is 11.2 Å². The molecule has 0 bridgehead atoms. The average molecular weight is 420 g/mol. The molecule has 0 aliphatic heterocycles. The molecule has 2 atom stereocenters. The van der Waals surface area contributed by atoms with Crippen molar-refractivity contribution in [2.24, 2.45) is 17.3 Å². The Kier molecular flexibility index (Phi) is 7.70. The van der Waals surface area contributed by atoms with Gasteiger partial charge in [0.25, 0.3) is 0 Å². The Bertz CT molecular complexity index is 714. The second-order valence-corrected chi connectivity index (χ2v) is 7.70. The van der Waals surface area contributed by atoms with Crippen LogP contribution in [0, 0.1) is 17.3 Å². The maximum atomic E-state index is 12.2. The maximum Gasteiger partial charge on any atom is 0.573 e. The van der Waals surface area contributed by atoms with Crippen LogP contribution in [0.2, 0.25) is 0 Å². The zero-order valence-electron chi connectivity index (χ0n) is 16.8. The molecule has 0 heterocycles. The fraction of sp³-hybridized carbons (Fsp3) is 0.600. The van der Waals surface area contributed by atoms with Crippen molar-refractivity contribution < 1.29 is 42.8 Å². The molecule has 1 rings (SSSR count). The first-order valence-electron chi connectivity index (χ1n) is 9.22. The number of carbonyl (C=O) groups is 2. The first kappa shape index (κ1) is 24.7. The first-order valence-corrected chi connectivity index (χ1v) is 9.22. The summed E-state index contributed by atoms with van der Waals surface area (Å²) in [5, 5.41) is 30.5. The molecule has 0 aliphatic carbocycles. The van der Waals surface area contributed by atoms with Crippen LogP contribution in [0.4, 0.5) is 13.2 Å². The monoisotopic (exact) mass is 420 g/mol. The topological polar surface area (TPSA) is 104 Å². The highest BCUT2D eigenvalue weighted by Gasteiger charge is 2.63. The largest absolute Gasteiger partial charge is 0.573 e. The summed E-state index contributed by atoms with van der Waals surface area (Å²) >= 11 is 0. The van der Waals surface area contributed by atoms with Crippen LogP contribution in [0.3, 0.4) is 0 Å². The summed E-state index contributed by atoms with van der Waals surface area (Å²) in [6.45, 7) is 6.00. The summed E-state index contributed by atoms with van der Waals surface area (Å²) in [6.07, 6.45) is -4.41. The van der Waals surface area contributed by atoms with Gasteiger partial charge in [0, 0.05) is 0 Å². The normalized spacial score (nSPS) is 16.3. The maximum absolute atomic E-state index is 12.2. The smallest absolute Gasteiger partial charge is 0.481 e. The lowest BCUT2D eigenvalue weighted by atomic mass is 9.58. The van der Waals surface area contributed by atoms with Crippen LogP contribution in [-0.4, -0.2) is 39.2 Å². The molecule has 0 spiro atoms. The first-order chi connectivity index (χ1) is 13.2. The lowest BCUT2D eigenvalue weighted by Gasteiger charge is -2.46. The third kappa shape index (κ3) is 5.20. The number of carboxylic acid groups (broad SMARTS) is 2. The Balaban J connectivity index is 3.06. The van der Waals surface area contributed by atoms with Gasteiger partial charge in [-0.2, -0.15) is 0 Å². The van der Waals surface area contributed by atoms with Crippen molar-refractivity contribution in [2.45, 2.75) is 58.9 Å². The average Bonchev–Trinajstić information content (AvgIpc) is 2.57. The summed E-state index contributed by atoms with van der Waals surface area (Å²) in [5.41, 5.74) is -3.80. The molecule has 0 saturated heterocycles. The van der Waals surface area contributed by atoms with E-state index in [9.17, 15) is 38.1 Å². The number of ether oxygens (including phenoxy) is 1. The number of alkyl halides is 3. The van der Waals surface area contributed by atoms with Crippen molar-refractivity contribution in [1.82, 2.24) is 0 Å². The highest BCUT2D eigenvalue weighted by atomic mass is 19.4. The minimum absolute atomic E-state index is 0.123. The van der Waals surface area contributed by atoms with Gasteiger partial charge >= 0.3 is 18.3 Å². The number of aliphatic hydroxyl groups is 1. The molecular formula is C20H27F3O6. The Hall–Kier alpha value is -2.29. The van der Waals surface area contributed by atoms with E-state index in [1.165, 1.54) is 26.0 Å². The molecule has 1 aromatic carbocycles. The van der Waals surface area contributed by atoms with Gasteiger partial charge in [0.15, 0.2) is 5.60 Å². The Morgan fingerprint density at radius 2 is 1.48 bits per heavy atom. The Labute approximate surface area is 167 Å². The van der Waals surface area contributed by atoms with E-state index in [1.807, 2.05) is 0 Å². The quantitative estimate of drug-likeness (QED) is 0.526. The van der Waals surface area contributed by atoms with Gasteiger partial charge in [0.05, 0.1) is 0 Å². The molecule has 0 amide bonds. The summed E-state index contributed by atoms with van der Waals surface area (Å²) < 4.78 is 40.5. The second kappa shape index (κ2) is 9.02. The van der Waals surface area contributed by atoms with Crippen molar-refractivity contribution in [3.05, 3.63) is 29.8 Å². The van der Waals surface area contributed by atoms with Crippen molar-refractivity contribution in [2.75, 3.05) is 0 Å². The van der Waals surface area contributed by atoms with Crippen molar-refractivity contribution in [3.8, 4) is 5.75 Å². The zero-order valence-corrected chi connectivity index (χ0v) is 16.8. The molecule has 1 aromatic rings. The molecule has 0 radical (unpaired) electrons. The number of hydrogen-bond donors (Lipinski definition) is 3. The molecule has 3 N–H and O–H groups in total. The summed E-state index contributed by atoms with van der Waals surface area (Å²) in [4.78, 5) is 24.1. The van der Waals surface area contributed by atoms with E-state index < -0.39 is 41.2 Å². The van der Waals surface area contributed by atoms with Gasteiger partial charge in [-0.15, -0.1) is 13.2 Å². The van der Waals surface area contributed by atoms with E-state index >= 15 is 0 Å². The lowest BCUT2D eigenvalue weighted by Crippen LogP contribution is -2.63. The van der Waals surface area contributed by atoms with Crippen LogP contribution in [0.15, 0.2) is 24.3 Å². The number of aryl methyl sites for hydroxylation is 1. The van der Waals surface area contributed by atoms with E-state index in [0.29, 0.717) is 12.0 Å². The molecule has 29 heavy (non-hydrogen) atoms. The van der Waals surface area contributed by atoms with Crippen LogP contribution in [-0.2, 0) is 16.0 Å². The second-order valence-electron chi connectivity index (χ2n) is 7.70. The number of rotatable bonds is 10. The van der Waals surface area contributed by atoms with Gasteiger partial charge in [-0.3, -0.25) is 4.79 Å². The zero-order chi connectivity index (χ0) is 22.6. The lowest BCUT2D eigenvalue weighted by molar-refractivity contribution is -0.274. The van der Waals surface area contributed by atoms with E-state index in [4.69, 9.17) is 0 Å². The summed E-state index contributed by atoms with van der Waals surface area (Å²) in [6, 6.07) is 5.14. The predicted octanol–water partition coefficient (Wildman–Crippen LogP) is 4.11. The van der Waals surface area contributed by atoms with E-state index in [-0.39, 0.29) is 18.6 Å². The third-order valence-corrected chi connectivity index (χ3v) is 5.40. The molecule has 6 nitrogen and oxygen atoms in total. The molecular weight excluding hydrogens is 393 g/mol. The van der Waals surface area contributed by atoms with E-state index in [2.05, 4.69) is 4.74 Å². The number of benzene rings is 1. The van der Waals surface area contributed by atoms with Gasteiger partial charge in [-0.25, -0.2) is 4.79 Å². The highest BCUT2D eigenvalue weighted by Crippen LogP contribution is 2.48. The SMILES string of the molecule is CC(C)[C@@](O)(C(=O)O)[C@](CCCc1ccc(OC(F)(F)F)cc1)(C(=O)O)C(C)C. The number of hydrogen-bond acceptors (Lipinski definition) is 4. The van der Waals surface area contributed by atoms with E-state index in [1.54, 1.807) is 13.8 Å². The molecule has 164 valence electrons. The van der Waals surface area contributed by atoms with E-state index in [0.717, 1.165) is 12.1 Å². The number of aliphatic carboxylic acids is 2. The van der Waals surface area contributed by atoms with Crippen molar-refractivity contribution in [1.29, 1.82) is 0 Å². The van der Waals surface area contributed by atoms with Crippen LogP contribution >= 0.6 is 0 Å². The van der Waals surface area contributed by atoms with Crippen molar-refractivity contribution >= 4 is 11.9 Å². The Morgan fingerprint density at radius 1 is 0.966 bits per heavy atom. The summed E-state index contributed by atoms with van der Waals surface area (Å²) in [5.74, 6) is -4.93. The minimum atomic E-state index is -4.79. The van der Waals surface area contributed by atoms with Crippen LogP contribution in [0.1, 0.15) is 46.1 Å². The number of carboxylic acids is 2. The molecule has 9 heteroatoms. The highest BCUT2D eigenvalue weighted by molar-refractivity contribution is 5.89. The molecule has 0 aliphatic rings. The van der Waals surface area contributed by atoms with Gasteiger partial charge in [0.2, 0.25) is 0 Å². The van der Waals surface area contributed by atoms with Crippen LogP contribution in [0.25, 0.3) is 0 Å². The molecule has 0 fully saturated rings. The molecule has 0 aromatic heterocycles. The van der Waals surface area contributed by atoms with Crippen LogP contribution < -0.4 is 4.74 Å². The third-order valence-electron chi connectivity index (χ3n) is 5.40. The fourth-order valence-corrected chi connectivity index (χ4v) is 3.82. The standard InChI is InChI=1S/C20H27F3O6/c1-12(2)18(16(24)25,19(28,13(3)4)17(26)27)11-5-6-14-7-9-15(10-8-14)29-20(21,22)23/h7-10,12-13,28H,5-6,11H2,1-4H3,(H,24,25)(H,26,27)/t18-,19+/m0/s1. The Morgan fingerprint density at radius 3 is 1.83 bits per heavy atom. The minimum Gasteiger partial charge on any atom is -0.481 e. The van der Waals surface area contributed by atoms with Crippen molar-refractivity contribution in [3.63, 3.8) is 0 Å². The van der Waals surface area contributed by atoms with Gasteiger partial charge < -0.3 is 20.1 Å². The summed E-state index contributed by atoms with van der Waals surface area (Å²) in [7, 11) is 0.